The topological polar surface area (TPSA) is 80.1 Å². The summed E-state index contributed by atoms with van der Waals surface area (Å²) in [5.74, 6) is 2.14. The molecule has 1 aromatic heterocycles. The Kier molecular flexibility index (Phi) is 4.28. The third kappa shape index (κ3) is 3.12. The Morgan fingerprint density at radius 3 is 2.65 bits per heavy atom. The lowest BCUT2D eigenvalue weighted by Crippen LogP contribution is -2.53. The van der Waals surface area contributed by atoms with Crippen LogP contribution in [0.5, 0.6) is 0 Å². The van der Waals surface area contributed by atoms with Crippen LogP contribution in [-0.4, -0.2) is 50.6 Å². The van der Waals surface area contributed by atoms with Gasteiger partial charge in [0.15, 0.2) is 0 Å². The monoisotopic (exact) mass is 359 g/mol. The summed E-state index contributed by atoms with van der Waals surface area (Å²) in [5, 5.41) is 7.42. The molecule has 2 amide bonds. The van der Waals surface area contributed by atoms with Gasteiger partial charge in [0, 0.05) is 32.1 Å². The molecule has 0 aromatic carbocycles. The molecule has 4 rings (SSSR count). The molecule has 2 heterocycles. The summed E-state index contributed by atoms with van der Waals surface area (Å²) in [6, 6.07) is 0.283. The molecular formula is C19H29N5O2. The van der Waals surface area contributed by atoms with Gasteiger partial charge in [-0.1, -0.05) is 6.92 Å². The minimum absolute atomic E-state index is 0.0302. The van der Waals surface area contributed by atoms with Crippen molar-refractivity contribution in [3.63, 3.8) is 0 Å². The minimum Gasteiger partial charge on any atom is -0.353 e. The van der Waals surface area contributed by atoms with Gasteiger partial charge in [-0.05, 0) is 56.8 Å². The largest absolute Gasteiger partial charge is 0.353 e. The van der Waals surface area contributed by atoms with Crippen molar-refractivity contribution in [1.82, 2.24) is 25.0 Å². The van der Waals surface area contributed by atoms with Gasteiger partial charge in [0.2, 0.25) is 11.7 Å². The lowest BCUT2D eigenvalue weighted by Gasteiger charge is -2.45. The van der Waals surface area contributed by atoms with Crippen LogP contribution in [-0.2, 0) is 11.8 Å². The molecule has 0 radical (unpaired) electrons. The van der Waals surface area contributed by atoms with Crippen molar-refractivity contribution >= 4 is 11.8 Å². The first-order valence-electron chi connectivity index (χ1n) is 9.82. The van der Waals surface area contributed by atoms with E-state index in [0.717, 1.165) is 45.2 Å². The maximum absolute atomic E-state index is 12.7. The molecule has 7 heteroatoms. The van der Waals surface area contributed by atoms with Gasteiger partial charge in [-0.3, -0.25) is 9.59 Å². The highest BCUT2D eigenvalue weighted by Crippen LogP contribution is 2.48. The van der Waals surface area contributed by atoms with Gasteiger partial charge < -0.3 is 10.2 Å². The second-order valence-electron chi connectivity index (χ2n) is 8.81. The summed E-state index contributed by atoms with van der Waals surface area (Å²) in [4.78, 5) is 31.3. The van der Waals surface area contributed by atoms with E-state index in [4.69, 9.17) is 0 Å². The van der Waals surface area contributed by atoms with Gasteiger partial charge in [-0.15, -0.1) is 0 Å². The van der Waals surface area contributed by atoms with Crippen molar-refractivity contribution in [3.05, 3.63) is 11.6 Å². The Hall–Kier alpha value is -1.92. The predicted octanol–water partition coefficient (Wildman–Crippen LogP) is 1.67. The minimum atomic E-state index is -0.0302. The Bertz CT molecular complexity index is 722. The van der Waals surface area contributed by atoms with Crippen LogP contribution < -0.4 is 5.32 Å². The summed E-state index contributed by atoms with van der Waals surface area (Å²) in [6.45, 7) is 5.57. The van der Waals surface area contributed by atoms with Crippen molar-refractivity contribution in [3.8, 4) is 0 Å². The van der Waals surface area contributed by atoms with E-state index in [1.807, 2.05) is 4.90 Å². The van der Waals surface area contributed by atoms with E-state index < -0.39 is 0 Å². The fourth-order valence-electron chi connectivity index (χ4n) is 5.13. The maximum atomic E-state index is 12.7. The van der Waals surface area contributed by atoms with Crippen molar-refractivity contribution in [2.24, 2.45) is 24.3 Å². The lowest BCUT2D eigenvalue weighted by atomic mass is 9.65. The highest BCUT2D eigenvalue weighted by atomic mass is 16.2. The van der Waals surface area contributed by atoms with Gasteiger partial charge in [0.25, 0.3) is 5.91 Å². The Labute approximate surface area is 154 Å². The molecule has 142 valence electrons. The number of carbonyl (C=O) groups is 2. The van der Waals surface area contributed by atoms with Crippen LogP contribution in [0.1, 0.15) is 61.9 Å². The van der Waals surface area contributed by atoms with Gasteiger partial charge in [0.1, 0.15) is 5.82 Å². The van der Waals surface area contributed by atoms with E-state index in [1.54, 1.807) is 18.7 Å². The normalized spacial score (nSPS) is 33.5. The molecule has 26 heavy (non-hydrogen) atoms. The Morgan fingerprint density at radius 1 is 1.27 bits per heavy atom. The van der Waals surface area contributed by atoms with E-state index in [9.17, 15) is 9.59 Å². The Balaban J connectivity index is 1.29. The van der Waals surface area contributed by atoms with Crippen LogP contribution in [0.3, 0.4) is 0 Å². The molecule has 2 aliphatic carbocycles. The van der Waals surface area contributed by atoms with Crippen molar-refractivity contribution < 1.29 is 9.59 Å². The van der Waals surface area contributed by atoms with Crippen LogP contribution in [0, 0.1) is 24.2 Å². The van der Waals surface area contributed by atoms with Gasteiger partial charge in [0.05, 0.1) is 0 Å². The molecule has 3 aliphatic rings. The number of carbonyl (C=O) groups excluding carboxylic acids is 2. The standard InChI is InChI=1S/C19H29N5O2/c1-12-4-5-14(8-12)17(25)21-15-9-19(10-15)6-7-24(11-19)18(26)16-20-13(2)22-23(16)3/h12,14-15H,4-11H2,1-3H3,(H,21,25). The second-order valence-corrected chi connectivity index (χ2v) is 8.81. The molecule has 1 spiro atoms. The molecule has 7 nitrogen and oxygen atoms in total. The van der Waals surface area contributed by atoms with Crippen molar-refractivity contribution in [1.29, 1.82) is 0 Å². The fraction of sp³-hybridized carbons (Fsp3) is 0.789. The number of hydrogen-bond donors (Lipinski definition) is 1. The van der Waals surface area contributed by atoms with E-state index in [0.29, 0.717) is 17.6 Å². The van der Waals surface area contributed by atoms with Gasteiger partial charge in [-0.25, -0.2) is 9.67 Å². The van der Waals surface area contributed by atoms with Crippen LogP contribution in [0.4, 0.5) is 0 Å². The number of amides is 2. The van der Waals surface area contributed by atoms with Gasteiger partial charge >= 0.3 is 0 Å². The zero-order valence-electron chi connectivity index (χ0n) is 16.0. The average Bonchev–Trinajstić information content (AvgIpc) is 3.25. The number of aryl methyl sites for hydroxylation is 2. The van der Waals surface area contributed by atoms with E-state index >= 15 is 0 Å². The molecule has 2 saturated carbocycles. The van der Waals surface area contributed by atoms with Crippen molar-refractivity contribution in [2.45, 2.75) is 58.4 Å². The molecule has 1 saturated heterocycles. The first-order valence-corrected chi connectivity index (χ1v) is 9.82. The number of likely N-dealkylation sites (tertiary alicyclic amines) is 1. The zero-order chi connectivity index (χ0) is 18.5. The zero-order valence-corrected chi connectivity index (χ0v) is 16.0. The van der Waals surface area contributed by atoms with Crippen LogP contribution in [0.2, 0.25) is 0 Å². The smallest absolute Gasteiger partial charge is 0.291 e. The molecule has 1 aromatic rings. The average molecular weight is 359 g/mol. The molecule has 2 unspecified atom stereocenters. The van der Waals surface area contributed by atoms with Crippen LogP contribution >= 0.6 is 0 Å². The van der Waals surface area contributed by atoms with E-state index in [2.05, 4.69) is 22.3 Å². The highest BCUT2D eigenvalue weighted by Gasteiger charge is 2.50. The molecule has 2 atom stereocenters. The molecular weight excluding hydrogens is 330 g/mol. The number of rotatable bonds is 3. The fourth-order valence-corrected chi connectivity index (χ4v) is 5.13. The number of nitrogens with one attached hydrogen (secondary N) is 1. The first-order chi connectivity index (χ1) is 12.3. The quantitative estimate of drug-likeness (QED) is 0.890. The molecule has 0 bridgehead atoms. The Morgan fingerprint density at radius 2 is 2.04 bits per heavy atom. The highest BCUT2D eigenvalue weighted by molar-refractivity contribution is 5.91. The van der Waals surface area contributed by atoms with E-state index in [1.165, 1.54) is 6.42 Å². The summed E-state index contributed by atoms with van der Waals surface area (Å²) in [6.07, 6.45) is 6.23. The van der Waals surface area contributed by atoms with Crippen LogP contribution in [0.15, 0.2) is 0 Å². The lowest BCUT2D eigenvalue weighted by molar-refractivity contribution is -0.127. The SMILES string of the molecule is Cc1nc(C(=O)N2CCC3(CC(NC(=O)C4CCC(C)C4)C3)C2)n(C)n1. The summed E-state index contributed by atoms with van der Waals surface area (Å²) in [5.41, 5.74) is 0.185. The number of hydrogen-bond acceptors (Lipinski definition) is 4. The van der Waals surface area contributed by atoms with Crippen LogP contribution in [0.25, 0.3) is 0 Å². The van der Waals surface area contributed by atoms with E-state index in [-0.39, 0.29) is 29.2 Å². The molecule has 1 aliphatic heterocycles. The summed E-state index contributed by atoms with van der Waals surface area (Å²) < 4.78 is 1.56. The predicted molar refractivity (Wildman–Crippen MR) is 96.4 cm³/mol. The second kappa shape index (κ2) is 6.35. The summed E-state index contributed by atoms with van der Waals surface area (Å²) in [7, 11) is 1.76. The molecule has 1 N–H and O–H groups in total. The molecule has 3 fully saturated rings. The summed E-state index contributed by atoms with van der Waals surface area (Å²) >= 11 is 0. The number of nitrogens with zero attached hydrogens (tertiary/aromatic N) is 4. The first kappa shape index (κ1) is 17.5. The third-order valence-corrected chi connectivity index (χ3v) is 6.56. The number of aromatic nitrogens is 3. The van der Waals surface area contributed by atoms with Gasteiger partial charge in [-0.2, -0.15) is 5.10 Å². The third-order valence-electron chi connectivity index (χ3n) is 6.56. The maximum Gasteiger partial charge on any atom is 0.291 e. The van der Waals surface area contributed by atoms with Crippen molar-refractivity contribution in [2.75, 3.05) is 13.1 Å².